The Morgan fingerprint density at radius 2 is 1.91 bits per heavy atom. The fourth-order valence-corrected chi connectivity index (χ4v) is 6.09. The molecule has 1 saturated heterocycles. The van der Waals surface area contributed by atoms with E-state index >= 15 is 0 Å². The van der Waals surface area contributed by atoms with Crippen molar-refractivity contribution in [1.29, 1.82) is 0 Å². The number of benzene rings is 1. The van der Waals surface area contributed by atoms with Crippen molar-refractivity contribution >= 4 is 23.2 Å². The largest absolute Gasteiger partial charge is 0.342 e. The molecule has 2 amide bonds. The lowest BCUT2D eigenvalue weighted by Gasteiger charge is -2.38. The van der Waals surface area contributed by atoms with Crippen LogP contribution in [0.4, 0.5) is 0 Å². The molecule has 3 aromatic rings. The zero-order valence-electron chi connectivity index (χ0n) is 18.9. The highest BCUT2D eigenvalue weighted by molar-refractivity contribution is 7.10. The van der Waals surface area contributed by atoms with Gasteiger partial charge in [0.05, 0.1) is 6.04 Å². The predicted octanol–water partition coefficient (Wildman–Crippen LogP) is 4.66. The first kappa shape index (κ1) is 21.8. The second-order valence-corrected chi connectivity index (χ2v) is 10.1. The van der Waals surface area contributed by atoms with Gasteiger partial charge in [-0.3, -0.25) is 14.6 Å². The Balaban J connectivity index is 1.27. The molecule has 4 heterocycles. The van der Waals surface area contributed by atoms with E-state index in [0.717, 1.165) is 24.9 Å². The minimum absolute atomic E-state index is 0.0667. The van der Waals surface area contributed by atoms with E-state index in [2.05, 4.69) is 34.6 Å². The zero-order valence-corrected chi connectivity index (χ0v) is 19.7. The van der Waals surface area contributed by atoms with E-state index in [1.54, 1.807) is 17.5 Å². The van der Waals surface area contributed by atoms with Crippen LogP contribution in [0.5, 0.6) is 0 Å². The summed E-state index contributed by atoms with van der Waals surface area (Å²) in [6.45, 7) is 4.05. The number of nitrogens with zero attached hydrogens (tertiary/aromatic N) is 3. The summed E-state index contributed by atoms with van der Waals surface area (Å²) in [5.41, 5.74) is 3.54. The second-order valence-electron chi connectivity index (χ2n) is 9.11. The zero-order chi connectivity index (χ0) is 22.8. The highest BCUT2D eigenvalue weighted by atomic mass is 32.1. The Bertz CT molecular complexity index is 1110. The van der Waals surface area contributed by atoms with Crippen molar-refractivity contribution in [2.45, 2.75) is 38.1 Å². The molecule has 0 bridgehead atoms. The molecule has 2 aliphatic rings. The number of fused-ring (bicyclic) bond motifs is 1. The van der Waals surface area contributed by atoms with Crippen LogP contribution < -0.4 is 0 Å². The van der Waals surface area contributed by atoms with Crippen molar-refractivity contribution in [3.05, 3.63) is 87.9 Å². The minimum Gasteiger partial charge on any atom is -0.342 e. The number of likely N-dealkylation sites (tertiary alicyclic amines) is 1. The molecular weight excluding hydrogens is 430 g/mol. The summed E-state index contributed by atoms with van der Waals surface area (Å²) in [5, 5.41) is 2.12. The SMILES string of the molecule is CC(CC(=O)N1CCC(c2cccnc2)C1)C(=O)N1CCc2sccc2C1c1ccccc1. The number of hydrogen-bond acceptors (Lipinski definition) is 4. The number of amides is 2. The highest BCUT2D eigenvalue weighted by Gasteiger charge is 2.36. The maximum atomic E-state index is 13.6. The number of pyridine rings is 1. The van der Waals surface area contributed by atoms with E-state index in [1.165, 1.54) is 16.0 Å². The molecule has 0 N–H and O–H groups in total. The average Bonchev–Trinajstić information content (AvgIpc) is 3.54. The first-order valence-corrected chi connectivity index (χ1v) is 12.6. The molecule has 5 nitrogen and oxygen atoms in total. The van der Waals surface area contributed by atoms with Gasteiger partial charge in [-0.05, 0) is 47.0 Å². The topological polar surface area (TPSA) is 53.5 Å². The van der Waals surface area contributed by atoms with Gasteiger partial charge >= 0.3 is 0 Å². The lowest BCUT2D eigenvalue weighted by atomic mass is 9.91. The predicted molar refractivity (Wildman–Crippen MR) is 130 cm³/mol. The molecule has 33 heavy (non-hydrogen) atoms. The summed E-state index contributed by atoms with van der Waals surface area (Å²) in [6, 6.07) is 16.3. The number of carbonyl (C=O) groups is 2. The number of carbonyl (C=O) groups excluding carboxylic acids is 2. The third-order valence-electron chi connectivity index (χ3n) is 6.96. The van der Waals surface area contributed by atoms with Gasteiger partial charge in [-0.15, -0.1) is 11.3 Å². The van der Waals surface area contributed by atoms with Crippen molar-refractivity contribution in [2.24, 2.45) is 5.92 Å². The Labute approximate surface area is 199 Å². The van der Waals surface area contributed by atoms with E-state index in [4.69, 9.17) is 0 Å². The average molecular weight is 460 g/mol. The molecular formula is C27H29N3O2S. The maximum absolute atomic E-state index is 13.6. The lowest BCUT2D eigenvalue weighted by Crippen LogP contribution is -2.43. The number of rotatable bonds is 5. The highest BCUT2D eigenvalue weighted by Crippen LogP contribution is 2.38. The third-order valence-corrected chi connectivity index (χ3v) is 7.96. The molecule has 2 aromatic heterocycles. The molecule has 0 saturated carbocycles. The fourth-order valence-electron chi connectivity index (χ4n) is 5.19. The Morgan fingerprint density at radius 1 is 1.09 bits per heavy atom. The molecule has 2 aliphatic heterocycles. The molecule has 0 radical (unpaired) electrons. The number of thiophene rings is 1. The standard InChI is InChI=1S/C27H29N3O2S/c1-19(16-25(31)29-13-9-22(18-29)21-8-5-12-28-17-21)27(32)30-14-10-24-23(11-15-33-24)26(30)20-6-3-2-4-7-20/h2-8,11-12,15,17,19,22,26H,9-10,13-14,16,18H2,1H3. The van der Waals surface area contributed by atoms with Gasteiger partial charge in [-0.2, -0.15) is 0 Å². The Kier molecular flexibility index (Phi) is 6.27. The second kappa shape index (κ2) is 9.48. The van der Waals surface area contributed by atoms with E-state index < -0.39 is 0 Å². The van der Waals surface area contributed by atoms with Gasteiger partial charge in [-0.25, -0.2) is 0 Å². The maximum Gasteiger partial charge on any atom is 0.226 e. The van der Waals surface area contributed by atoms with E-state index in [0.29, 0.717) is 19.0 Å². The van der Waals surface area contributed by atoms with Gasteiger partial charge in [0.2, 0.25) is 11.8 Å². The van der Waals surface area contributed by atoms with Crippen LogP contribution in [0.3, 0.4) is 0 Å². The van der Waals surface area contributed by atoms with Crippen molar-refractivity contribution in [2.75, 3.05) is 19.6 Å². The summed E-state index contributed by atoms with van der Waals surface area (Å²) in [4.78, 5) is 36.2. The van der Waals surface area contributed by atoms with Crippen molar-refractivity contribution in [1.82, 2.24) is 14.8 Å². The molecule has 1 fully saturated rings. The number of hydrogen-bond donors (Lipinski definition) is 0. The normalized spacial score (nSPS) is 21.0. The van der Waals surface area contributed by atoms with Crippen LogP contribution >= 0.6 is 11.3 Å². The van der Waals surface area contributed by atoms with Crippen LogP contribution in [0.15, 0.2) is 66.3 Å². The van der Waals surface area contributed by atoms with E-state index in [9.17, 15) is 9.59 Å². The summed E-state index contributed by atoms with van der Waals surface area (Å²) >= 11 is 1.77. The molecule has 1 aromatic carbocycles. The lowest BCUT2D eigenvalue weighted by molar-refractivity contribution is -0.141. The quantitative estimate of drug-likeness (QED) is 0.558. The van der Waals surface area contributed by atoms with E-state index in [-0.39, 0.29) is 30.2 Å². The number of aromatic nitrogens is 1. The van der Waals surface area contributed by atoms with Gasteiger partial charge in [0, 0.05) is 55.2 Å². The van der Waals surface area contributed by atoms with Gasteiger partial charge in [0.15, 0.2) is 0 Å². The first-order chi connectivity index (χ1) is 16.1. The smallest absolute Gasteiger partial charge is 0.226 e. The van der Waals surface area contributed by atoms with Gasteiger partial charge < -0.3 is 9.80 Å². The summed E-state index contributed by atoms with van der Waals surface area (Å²) < 4.78 is 0. The van der Waals surface area contributed by atoms with Gasteiger partial charge in [-0.1, -0.05) is 43.3 Å². The monoisotopic (exact) mass is 459 g/mol. The van der Waals surface area contributed by atoms with Crippen molar-refractivity contribution in [3.8, 4) is 0 Å². The molecule has 0 spiro atoms. The molecule has 5 rings (SSSR count). The fraction of sp³-hybridized carbons (Fsp3) is 0.370. The molecule has 170 valence electrons. The summed E-state index contributed by atoms with van der Waals surface area (Å²) in [7, 11) is 0. The van der Waals surface area contributed by atoms with Crippen LogP contribution in [-0.2, 0) is 16.0 Å². The van der Waals surface area contributed by atoms with Crippen LogP contribution in [-0.4, -0.2) is 46.2 Å². The molecule has 6 heteroatoms. The Morgan fingerprint density at radius 3 is 2.70 bits per heavy atom. The molecule has 0 aliphatic carbocycles. The van der Waals surface area contributed by atoms with Crippen LogP contribution in [0.25, 0.3) is 0 Å². The van der Waals surface area contributed by atoms with Crippen LogP contribution in [0.2, 0.25) is 0 Å². The summed E-state index contributed by atoms with van der Waals surface area (Å²) in [5.74, 6) is 0.125. The Hall–Kier alpha value is -2.99. The third kappa shape index (κ3) is 4.44. The van der Waals surface area contributed by atoms with Gasteiger partial charge in [0.25, 0.3) is 0 Å². The van der Waals surface area contributed by atoms with Crippen LogP contribution in [0, 0.1) is 5.92 Å². The van der Waals surface area contributed by atoms with E-state index in [1.807, 2.05) is 47.2 Å². The molecule has 3 atom stereocenters. The molecule has 3 unspecified atom stereocenters. The van der Waals surface area contributed by atoms with Crippen molar-refractivity contribution < 1.29 is 9.59 Å². The van der Waals surface area contributed by atoms with Crippen molar-refractivity contribution in [3.63, 3.8) is 0 Å². The van der Waals surface area contributed by atoms with Crippen LogP contribution in [0.1, 0.15) is 53.3 Å². The first-order valence-electron chi connectivity index (χ1n) is 11.7. The summed E-state index contributed by atoms with van der Waals surface area (Å²) in [6.07, 6.45) is 5.75. The minimum atomic E-state index is -0.346. The van der Waals surface area contributed by atoms with Gasteiger partial charge in [0.1, 0.15) is 0 Å².